The van der Waals surface area contributed by atoms with Crippen molar-refractivity contribution in [3.8, 4) is 0 Å². The molecular weight excluding hydrogens is 214 g/mol. The molecule has 0 spiro atoms. The summed E-state index contributed by atoms with van der Waals surface area (Å²) in [4.78, 5) is 2.71. The van der Waals surface area contributed by atoms with Gasteiger partial charge in [0.15, 0.2) is 0 Å². The van der Waals surface area contributed by atoms with Gasteiger partial charge in [-0.15, -0.1) is 23.1 Å². The second kappa shape index (κ2) is 5.16. The van der Waals surface area contributed by atoms with E-state index in [9.17, 15) is 0 Å². The molecular formula is C10H17NOS2. The highest BCUT2D eigenvalue weighted by Crippen LogP contribution is 2.27. The topological polar surface area (TPSA) is 46.2 Å². The number of thioether (sulfide) groups is 1. The van der Waals surface area contributed by atoms with Gasteiger partial charge in [0.1, 0.15) is 0 Å². The molecule has 0 aliphatic carbocycles. The second-order valence-corrected chi connectivity index (χ2v) is 5.57. The number of hydrogen-bond donors (Lipinski definition) is 2. The van der Waals surface area contributed by atoms with Gasteiger partial charge in [-0.1, -0.05) is 0 Å². The predicted octanol–water partition coefficient (Wildman–Crippen LogP) is 2.11. The molecule has 0 aromatic carbocycles. The van der Waals surface area contributed by atoms with Crippen molar-refractivity contribution in [2.24, 2.45) is 5.73 Å². The third kappa shape index (κ3) is 3.28. The molecule has 3 N–H and O–H groups in total. The van der Waals surface area contributed by atoms with E-state index in [1.54, 1.807) is 23.1 Å². The number of aliphatic hydroxyl groups excluding tert-OH is 1. The summed E-state index contributed by atoms with van der Waals surface area (Å²) in [5.74, 6) is 0. The van der Waals surface area contributed by atoms with Gasteiger partial charge in [-0.2, -0.15) is 0 Å². The highest BCUT2D eigenvalue weighted by Gasteiger charge is 2.17. The van der Waals surface area contributed by atoms with Crippen molar-refractivity contribution in [3.05, 3.63) is 16.3 Å². The third-order valence-electron chi connectivity index (χ3n) is 2.21. The van der Waals surface area contributed by atoms with Crippen molar-refractivity contribution < 1.29 is 5.11 Å². The Kier molecular flexibility index (Phi) is 4.44. The van der Waals surface area contributed by atoms with Gasteiger partial charge in [0.2, 0.25) is 0 Å². The molecule has 2 nitrogen and oxygen atoms in total. The van der Waals surface area contributed by atoms with Crippen LogP contribution in [0, 0.1) is 0 Å². The van der Waals surface area contributed by atoms with E-state index in [0.717, 1.165) is 12.8 Å². The lowest BCUT2D eigenvalue weighted by Gasteiger charge is -2.21. The van der Waals surface area contributed by atoms with E-state index in [1.165, 1.54) is 9.77 Å². The number of thiophene rings is 1. The molecule has 1 aromatic heterocycles. The number of rotatable bonds is 5. The van der Waals surface area contributed by atoms with Crippen LogP contribution in [0.5, 0.6) is 0 Å². The molecule has 0 aliphatic heterocycles. The number of nitrogens with two attached hydrogens (primary N) is 1. The van der Waals surface area contributed by atoms with Crippen LogP contribution >= 0.6 is 23.1 Å². The van der Waals surface area contributed by atoms with Crippen LogP contribution in [0.15, 0.2) is 16.3 Å². The van der Waals surface area contributed by atoms with E-state index in [2.05, 4.69) is 17.7 Å². The fraction of sp³-hybridized carbons (Fsp3) is 0.600. The van der Waals surface area contributed by atoms with Crippen LogP contribution in [-0.4, -0.2) is 23.5 Å². The molecule has 0 fully saturated rings. The smallest absolute Gasteiger partial charge is 0.0608 e. The lowest BCUT2D eigenvalue weighted by atomic mass is 9.98. The van der Waals surface area contributed by atoms with Gasteiger partial charge in [0, 0.05) is 15.3 Å². The Balaban J connectivity index is 2.53. The van der Waals surface area contributed by atoms with E-state index in [1.807, 2.05) is 6.92 Å². The van der Waals surface area contributed by atoms with Crippen molar-refractivity contribution in [2.75, 3.05) is 12.9 Å². The lowest BCUT2D eigenvalue weighted by molar-refractivity contribution is 0.201. The van der Waals surface area contributed by atoms with Gasteiger partial charge in [-0.25, -0.2) is 0 Å². The Morgan fingerprint density at radius 3 is 2.93 bits per heavy atom. The van der Waals surface area contributed by atoms with E-state index in [0.29, 0.717) is 0 Å². The molecule has 1 rings (SSSR count). The van der Waals surface area contributed by atoms with Crippen LogP contribution in [0.2, 0.25) is 0 Å². The number of aliphatic hydroxyl groups is 1. The highest BCUT2D eigenvalue weighted by atomic mass is 32.2. The molecule has 4 heteroatoms. The standard InChI is InChI=1S/C10H17NOS2/c1-10(11,7-12)5-3-9-8(13-2)4-6-14-9/h4,6,12H,3,5,7,11H2,1-2H3/t10-/m1/s1. The summed E-state index contributed by atoms with van der Waals surface area (Å²) in [6, 6.07) is 2.14. The van der Waals surface area contributed by atoms with Crippen molar-refractivity contribution in [2.45, 2.75) is 30.2 Å². The number of hydrogen-bond acceptors (Lipinski definition) is 4. The highest BCUT2D eigenvalue weighted by molar-refractivity contribution is 7.98. The van der Waals surface area contributed by atoms with Crippen molar-refractivity contribution in [3.63, 3.8) is 0 Å². The fourth-order valence-electron chi connectivity index (χ4n) is 1.17. The van der Waals surface area contributed by atoms with Crippen LogP contribution in [-0.2, 0) is 6.42 Å². The molecule has 1 atom stereocenters. The Hall–Kier alpha value is -0.0300. The van der Waals surface area contributed by atoms with Gasteiger partial charge in [-0.05, 0) is 37.5 Å². The zero-order valence-corrected chi connectivity index (χ0v) is 10.3. The van der Waals surface area contributed by atoms with Gasteiger partial charge < -0.3 is 10.8 Å². The van der Waals surface area contributed by atoms with Crippen LogP contribution < -0.4 is 5.73 Å². The summed E-state index contributed by atoms with van der Waals surface area (Å²) in [6.45, 7) is 1.94. The molecule has 0 radical (unpaired) electrons. The summed E-state index contributed by atoms with van der Waals surface area (Å²) >= 11 is 3.53. The van der Waals surface area contributed by atoms with Crippen molar-refractivity contribution in [1.82, 2.24) is 0 Å². The fourth-order valence-corrected chi connectivity index (χ4v) is 2.96. The lowest BCUT2D eigenvalue weighted by Crippen LogP contribution is -2.40. The van der Waals surface area contributed by atoms with Gasteiger partial charge in [0.25, 0.3) is 0 Å². The van der Waals surface area contributed by atoms with E-state index in [-0.39, 0.29) is 6.61 Å². The first-order chi connectivity index (χ1) is 6.59. The zero-order valence-electron chi connectivity index (χ0n) is 8.62. The summed E-state index contributed by atoms with van der Waals surface area (Å²) in [6.07, 6.45) is 3.87. The van der Waals surface area contributed by atoms with Crippen LogP contribution in [0.3, 0.4) is 0 Å². The Morgan fingerprint density at radius 2 is 2.36 bits per heavy atom. The summed E-state index contributed by atoms with van der Waals surface area (Å²) < 4.78 is 0. The van der Waals surface area contributed by atoms with E-state index in [4.69, 9.17) is 10.8 Å². The van der Waals surface area contributed by atoms with Crippen molar-refractivity contribution in [1.29, 1.82) is 0 Å². The molecule has 0 amide bonds. The monoisotopic (exact) mass is 231 g/mol. The second-order valence-electron chi connectivity index (χ2n) is 3.72. The summed E-state index contributed by atoms with van der Waals surface area (Å²) in [7, 11) is 0. The first kappa shape index (κ1) is 12.0. The molecule has 0 saturated carbocycles. The molecule has 14 heavy (non-hydrogen) atoms. The largest absolute Gasteiger partial charge is 0.394 e. The molecule has 80 valence electrons. The Labute approximate surface area is 93.5 Å². The minimum atomic E-state index is -0.445. The zero-order chi connectivity index (χ0) is 10.6. The molecule has 0 saturated heterocycles. The number of aryl methyl sites for hydroxylation is 1. The third-order valence-corrected chi connectivity index (χ3v) is 4.14. The predicted molar refractivity (Wildman–Crippen MR) is 64.1 cm³/mol. The first-order valence-corrected chi connectivity index (χ1v) is 6.69. The van der Waals surface area contributed by atoms with Gasteiger partial charge in [-0.3, -0.25) is 0 Å². The van der Waals surface area contributed by atoms with Crippen LogP contribution in [0.4, 0.5) is 0 Å². The maximum Gasteiger partial charge on any atom is 0.0608 e. The molecule has 0 unspecified atom stereocenters. The van der Waals surface area contributed by atoms with Crippen LogP contribution in [0.25, 0.3) is 0 Å². The Bertz CT molecular complexity index is 283. The molecule has 1 aromatic rings. The van der Waals surface area contributed by atoms with Gasteiger partial charge in [0.05, 0.1) is 6.61 Å². The minimum absolute atomic E-state index is 0.0486. The van der Waals surface area contributed by atoms with Gasteiger partial charge >= 0.3 is 0 Å². The quantitative estimate of drug-likeness (QED) is 0.763. The normalized spacial score (nSPS) is 15.4. The summed E-state index contributed by atoms with van der Waals surface area (Å²) in [5, 5.41) is 11.1. The van der Waals surface area contributed by atoms with Crippen LogP contribution in [0.1, 0.15) is 18.2 Å². The maximum atomic E-state index is 9.02. The molecule has 1 heterocycles. The van der Waals surface area contributed by atoms with E-state index >= 15 is 0 Å². The van der Waals surface area contributed by atoms with Crippen molar-refractivity contribution >= 4 is 23.1 Å². The molecule has 0 aliphatic rings. The average Bonchev–Trinajstić information content (AvgIpc) is 2.62. The SMILES string of the molecule is CSc1ccsc1CC[C@@](C)(N)CO. The average molecular weight is 231 g/mol. The first-order valence-electron chi connectivity index (χ1n) is 4.59. The minimum Gasteiger partial charge on any atom is -0.394 e. The maximum absolute atomic E-state index is 9.02. The summed E-state index contributed by atoms with van der Waals surface area (Å²) in [5.41, 5.74) is 5.43. The molecule has 0 bridgehead atoms. The van der Waals surface area contributed by atoms with E-state index < -0.39 is 5.54 Å². The Morgan fingerprint density at radius 1 is 1.64 bits per heavy atom.